The summed E-state index contributed by atoms with van der Waals surface area (Å²) in [5.74, 6) is 0. The third kappa shape index (κ3) is 5.96. The Morgan fingerprint density at radius 3 is 2.20 bits per heavy atom. The van der Waals surface area contributed by atoms with Gasteiger partial charge < -0.3 is 0 Å². The lowest BCUT2D eigenvalue weighted by Gasteiger charge is -2.07. The minimum atomic E-state index is -4.00. The van der Waals surface area contributed by atoms with Gasteiger partial charge in [0, 0.05) is 12.8 Å². The lowest BCUT2D eigenvalue weighted by Crippen LogP contribution is -2.29. The normalized spacial score (nSPS) is 13.3. The summed E-state index contributed by atoms with van der Waals surface area (Å²) in [6.07, 6.45) is 0.799. The number of sulfonamides is 2. The molecule has 0 aliphatic carbocycles. The first-order valence-electron chi connectivity index (χ1n) is 5.16. The lowest BCUT2D eigenvalue weighted by atomic mass is 10.2. The second-order valence-corrected chi connectivity index (χ2v) is 10.0. The standard InChI is InChI=1S/C9H14N2O6S3/c1-18(12,13)7-19(14,15)11-6-8-3-2-4-9(5-8)20(10,16)17/h2-5,11H,6-7H2,1H3,(H2,10,16,17). The average Bonchev–Trinajstić information content (AvgIpc) is 2.22. The summed E-state index contributed by atoms with van der Waals surface area (Å²) in [4.78, 5) is -0.155. The Bertz CT molecular complexity index is 796. The maximum atomic E-state index is 11.5. The highest BCUT2D eigenvalue weighted by Crippen LogP contribution is 2.10. The number of nitrogens with one attached hydrogen (secondary N) is 1. The first-order chi connectivity index (χ1) is 8.89. The quantitative estimate of drug-likeness (QED) is 0.662. The highest BCUT2D eigenvalue weighted by molar-refractivity contribution is 8.06. The predicted octanol–water partition coefficient (Wildman–Crippen LogP) is -1.24. The van der Waals surface area contributed by atoms with Crippen molar-refractivity contribution >= 4 is 29.9 Å². The summed E-state index contributed by atoms with van der Waals surface area (Å²) < 4.78 is 69.1. The third-order valence-corrected chi connectivity index (χ3v) is 6.54. The smallest absolute Gasteiger partial charge is 0.228 e. The molecule has 1 rings (SSSR count). The molecule has 0 saturated heterocycles. The molecule has 0 amide bonds. The van der Waals surface area contributed by atoms with Crippen LogP contribution in [0.25, 0.3) is 0 Å². The summed E-state index contributed by atoms with van der Waals surface area (Å²) >= 11 is 0. The Balaban J connectivity index is 2.87. The van der Waals surface area contributed by atoms with Crippen molar-refractivity contribution in [3.8, 4) is 0 Å². The van der Waals surface area contributed by atoms with E-state index in [1.54, 1.807) is 0 Å². The highest BCUT2D eigenvalue weighted by atomic mass is 32.3. The number of primary sulfonamides is 1. The molecule has 20 heavy (non-hydrogen) atoms. The predicted molar refractivity (Wildman–Crippen MR) is 73.3 cm³/mol. The van der Waals surface area contributed by atoms with Crippen LogP contribution < -0.4 is 9.86 Å². The molecule has 1 aromatic carbocycles. The van der Waals surface area contributed by atoms with E-state index in [2.05, 4.69) is 4.72 Å². The van der Waals surface area contributed by atoms with Crippen molar-refractivity contribution in [3.05, 3.63) is 29.8 Å². The number of sulfone groups is 1. The molecule has 0 unspecified atom stereocenters. The molecular formula is C9H14N2O6S3. The zero-order valence-electron chi connectivity index (χ0n) is 10.5. The van der Waals surface area contributed by atoms with Gasteiger partial charge in [-0.25, -0.2) is 35.1 Å². The molecular weight excluding hydrogens is 328 g/mol. The molecule has 11 heteroatoms. The van der Waals surface area contributed by atoms with Crippen LogP contribution in [-0.2, 0) is 36.4 Å². The fourth-order valence-electron chi connectivity index (χ4n) is 1.35. The minimum absolute atomic E-state index is 0.155. The van der Waals surface area contributed by atoms with Gasteiger partial charge in [0.15, 0.2) is 14.9 Å². The van der Waals surface area contributed by atoms with E-state index in [9.17, 15) is 25.3 Å². The van der Waals surface area contributed by atoms with Crippen molar-refractivity contribution in [2.75, 3.05) is 11.3 Å². The van der Waals surface area contributed by atoms with E-state index < -0.39 is 35.0 Å². The molecule has 8 nitrogen and oxygen atoms in total. The van der Waals surface area contributed by atoms with Gasteiger partial charge in [0.25, 0.3) is 0 Å². The van der Waals surface area contributed by atoms with E-state index in [0.717, 1.165) is 6.26 Å². The molecule has 0 fully saturated rings. The topological polar surface area (TPSA) is 140 Å². The van der Waals surface area contributed by atoms with Crippen molar-refractivity contribution in [1.82, 2.24) is 4.72 Å². The molecule has 0 spiro atoms. The summed E-state index contributed by atoms with van der Waals surface area (Å²) in [6.45, 7) is -0.235. The number of rotatable bonds is 6. The molecule has 0 bridgehead atoms. The Morgan fingerprint density at radius 2 is 1.70 bits per heavy atom. The fourth-order valence-corrected chi connectivity index (χ4v) is 4.91. The second-order valence-electron chi connectivity index (χ2n) is 4.17. The van der Waals surface area contributed by atoms with Gasteiger partial charge in [-0.15, -0.1) is 0 Å². The minimum Gasteiger partial charge on any atom is -0.228 e. The number of hydrogen-bond acceptors (Lipinski definition) is 6. The highest BCUT2D eigenvalue weighted by Gasteiger charge is 2.17. The van der Waals surface area contributed by atoms with E-state index in [1.807, 2.05) is 0 Å². The van der Waals surface area contributed by atoms with Crippen LogP contribution in [0.1, 0.15) is 5.56 Å². The molecule has 0 aliphatic heterocycles. The summed E-state index contributed by atoms with van der Waals surface area (Å²) in [5, 5.41) is 3.91. The zero-order valence-corrected chi connectivity index (χ0v) is 12.9. The van der Waals surface area contributed by atoms with Crippen molar-refractivity contribution in [3.63, 3.8) is 0 Å². The molecule has 0 atom stereocenters. The Labute approximate surface area is 118 Å². The molecule has 1 aromatic rings. The molecule has 114 valence electrons. The SMILES string of the molecule is CS(=O)(=O)CS(=O)(=O)NCc1cccc(S(N)(=O)=O)c1. The van der Waals surface area contributed by atoms with E-state index in [0.29, 0.717) is 5.56 Å². The Kier molecular flexibility index (Phi) is 4.92. The lowest BCUT2D eigenvalue weighted by molar-refractivity contribution is 0.580. The molecule has 0 aliphatic rings. The van der Waals surface area contributed by atoms with Crippen LogP contribution in [0, 0.1) is 0 Å². The van der Waals surface area contributed by atoms with Crippen LogP contribution in [0.3, 0.4) is 0 Å². The third-order valence-electron chi connectivity index (χ3n) is 2.09. The van der Waals surface area contributed by atoms with Crippen LogP contribution in [0.4, 0.5) is 0 Å². The molecule has 0 radical (unpaired) electrons. The van der Waals surface area contributed by atoms with Gasteiger partial charge in [-0.3, -0.25) is 0 Å². The van der Waals surface area contributed by atoms with Crippen molar-refractivity contribution in [1.29, 1.82) is 0 Å². The largest absolute Gasteiger partial charge is 0.238 e. The molecule has 3 N–H and O–H groups in total. The Hall–Kier alpha value is -1.01. The van der Waals surface area contributed by atoms with Gasteiger partial charge in [-0.1, -0.05) is 12.1 Å². The van der Waals surface area contributed by atoms with Gasteiger partial charge in [0.05, 0.1) is 4.90 Å². The summed E-state index contributed by atoms with van der Waals surface area (Å²) in [6, 6.07) is 5.36. The maximum Gasteiger partial charge on any atom is 0.238 e. The number of benzene rings is 1. The monoisotopic (exact) mass is 342 g/mol. The first kappa shape index (κ1) is 17.0. The van der Waals surface area contributed by atoms with Crippen molar-refractivity contribution < 1.29 is 25.3 Å². The molecule has 0 aromatic heterocycles. The van der Waals surface area contributed by atoms with Crippen LogP contribution >= 0.6 is 0 Å². The number of hydrogen-bond donors (Lipinski definition) is 2. The van der Waals surface area contributed by atoms with Gasteiger partial charge in [0.2, 0.25) is 20.0 Å². The first-order valence-corrected chi connectivity index (χ1v) is 10.4. The van der Waals surface area contributed by atoms with Crippen molar-refractivity contribution in [2.24, 2.45) is 5.14 Å². The zero-order chi connectivity index (χ0) is 15.6. The summed E-state index contributed by atoms with van der Waals surface area (Å²) in [7, 11) is -11.6. The Morgan fingerprint density at radius 1 is 1.10 bits per heavy atom. The molecule has 0 saturated carbocycles. The van der Waals surface area contributed by atoms with Crippen molar-refractivity contribution in [2.45, 2.75) is 11.4 Å². The van der Waals surface area contributed by atoms with E-state index in [1.165, 1.54) is 24.3 Å². The van der Waals surface area contributed by atoms with E-state index in [4.69, 9.17) is 5.14 Å². The average molecular weight is 342 g/mol. The maximum absolute atomic E-state index is 11.5. The number of nitrogens with two attached hydrogens (primary N) is 1. The van der Waals surface area contributed by atoms with Gasteiger partial charge >= 0.3 is 0 Å². The van der Waals surface area contributed by atoms with Gasteiger partial charge in [0.1, 0.15) is 0 Å². The van der Waals surface area contributed by atoms with Crippen LogP contribution in [0.5, 0.6) is 0 Å². The van der Waals surface area contributed by atoms with Gasteiger partial charge in [-0.05, 0) is 17.7 Å². The van der Waals surface area contributed by atoms with Crippen LogP contribution in [-0.4, -0.2) is 36.6 Å². The molecule has 0 heterocycles. The van der Waals surface area contributed by atoms with E-state index >= 15 is 0 Å². The van der Waals surface area contributed by atoms with Gasteiger partial charge in [-0.2, -0.15) is 0 Å². The van der Waals surface area contributed by atoms with Crippen LogP contribution in [0.15, 0.2) is 29.2 Å². The van der Waals surface area contributed by atoms with Crippen LogP contribution in [0.2, 0.25) is 0 Å². The second kappa shape index (κ2) is 5.77. The summed E-state index contributed by atoms with van der Waals surface area (Å²) in [5.41, 5.74) is 0.341. The van der Waals surface area contributed by atoms with E-state index in [-0.39, 0.29) is 11.4 Å². The fraction of sp³-hybridized carbons (Fsp3) is 0.333.